The second-order valence-corrected chi connectivity index (χ2v) is 2.73. The molecule has 0 amide bonds. The maximum atomic E-state index is 3.08. The number of anilines is 1. The number of fused-ring (bicyclic) bond motifs is 1. The van der Waals surface area contributed by atoms with Gasteiger partial charge in [-0.3, -0.25) is 0 Å². The molecule has 0 spiro atoms. The van der Waals surface area contributed by atoms with Crippen LogP contribution < -0.4 is 4.90 Å². The van der Waals surface area contributed by atoms with Crippen LogP contribution in [0.15, 0.2) is 18.2 Å². The molecule has 0 atom stereocenters. The highest BCUT2D eigenvalue weighted by Crippen LogP contribution is 2.24. The highest BCUT2D eigenvalue weighted by molar-refractivity contribution is 5.56. The van der Waals surface area contributed by atoms with Crippen molar-refractivity contribution >= 4 is 5.69 Å². The van der Waals surface area contributed by atoms with Gasteiger partial charge in [0.2, 0.25) is 0 Å². The van der Waals surface area contributed by atoms with E-state index in [9.17, 15) is 0 Å². The minimum atomic E-state index is 1.16. The first-order chi connectivity index (χ1) is 4.88. The van der Waals surface area contributed by atoms with Gasteiger partial charge in [0, 0.05) is 19.3 Å². The molecule has 0 aromatic heterocycles. The molecular formula is C9H10N. The van der Waals surface area contributed by atoms with Crippen molar-refractivity contribution in [3.05, 3.63) is 29.8 Å². The molecule has 0 fully saturated rings. The van der Waals surface area contributed by atoms with Gasteiger partial charge in [-0.15, -0.1) is 0 Å². The van der Waals surface area contributed by atoms with Crippen LogP contribution in [0.25, 0.3) is 0 Å². The smallest absolute Gasteiger partial charge is 0.0403 e. The van der Waals surface area contributed by atoms with E-state index >= 15 is 0 Å². The van der Waals surface area contributed by atoms with E-state index in [2.05, 4.69) is 30.1 Å². The first kappa shape index (κ1) is 5.78. The van der Waals surface area contributed by atoms with E-state index in [1.807, 2.05) is 6.07 Å². The van der Waals surface area contributed by atoms with E-state index in [0.29, 0.717) is 0 Å². The first-order valence-electron chi connectivity index (χ1n) is 3.58. The van der Waals surface area contributed by atoms with E-state index in [4.69, 9.17) is 0 Å². The third-order valence-electron chi connectivity index (χ3n) is 2.06. The predicted molar refractivity (Wildman–Crippen MR) is 42.3 cm³/mol. The van der Waals surface area contributed by atoms with Gasteiger partial charge in [0.15, 0.2) is 0 Å². The predicted octanol–water partition coefficient (Wildman–Crippen LogP) is 1.48. The molecule has 10 heavy (non-hydrogen) atoms. The Labute approximate surface area is 61.3 Å². The van der Waals surface area contributed by atoms with Crippen molar-refractivity contribution in [2.75, 3.05) is 18.5 Å². The average Bonchev–Trinajstić information content (AvgIpc) is 2.34. The van der Waals surface area contributed by atoms with Crippen LogP contribution >= 0.6 is 0 Å². The lowest BCUT2D eigenvalue weighted by Crippen LogP contribution is -2.12. The molecule has 1 aromatic carbocycles. The van der Waals surface area contributed by atoms with E-state index in [-0.39, 0.29) is 0 Å². The van der Waals surface area contributed by atoms with Crippen LogP contribution in [0, 0.1) is 6.07 Å². The third-order valence-corrected chi connectivity index (χ3v) is 2.06. The van der Waals surface area contributed by atoms with Crippen LogP contribution in [0.1, 0.15) is 5.56 Å². The average molecular weight is 132 g/mol. The van der Waals surface area contributed by atoms with Crippen LogP contribution in [-0.2, 0) is 6.42 Å². The Balaban J connectivity index is 2.51. The molecular weight excluding hydrogens is 122 g/mol. The fraction of sp³-hybridized carbons (Fsp3) is 0.333. The second kappa shape index (κ2) is 2.01. The van der Waals surface area contributed by atoms with Crippen LogP contribution in [0.4, 0.5) is 5.69 Å². The largest absolute Gasteiger partial charge is 0.374 e. The molecule has 1 heterocycles. The fourth-order valence-corrected chi connectivity index (χ4v) is 1.43. The van der Waals surface area contributed by atoms with E-state index < -0.39 is 0 Å². The Morgan fingerprint density at radius 3 is 3.30 bits per heavy atom. The Morgan fingerprint density at radius 1 is 1.60 bits per heavy atom. The molecule has 51 valence electrons. The summed E-state index contributed by atoms with van der Waals surface area (Å²) in [7, 11) is 2.12. The zero-order valence-electron chi connectivity index (χ0n) is 6.09. The molecule has 0 saturated carbocycles. The number of benzene rings is 1. The lowest BCUT2D eigenvalue weighted by atomic mass is 10.2. The molecule has 0 bridgehead atoms. The Morgan fingerprint density at radius 2 is 2.50 bits per heavy atom. The Kier molecular flexibility index (Phi) is 1.16. The summed E-state index contributed by atoms with van der Waals surface area (Å²) in [5, 5.41) is 0. The van der Waals surface area contributed by atoms with Gasteiger partial charge in [0.1, 0.15) is 0 Å². The lowest BCUT2D eigenvalue weighted by Gasteiger charge is -2.10. The van der Waals surface area contributed by atoms with Gasteiger partial charge in [-0.2, -0.15) is 0 Å². The summed E-state index contributed by atoms with van der Waals surface area (Å²) in [6.07, 6.45) is 1.19. The SMILES string of the molecule is CN1CCc2cc[c]cc21. The molecule has 1 aliphatic heterocycles. The molecule has 0 aliphatic carbocycles. The van der Waals surface area contributed by atoms with Crippen LogP contribution in [0.2, 0.25) is 0 Å². The number of nitrogens with zero attached hydrogens (tertiary/aromatic N) is 1. The summed E-state index contributed by atoms with van der Waals surface area (Å²) in [4.78, 5) is 2.27. The lowest BCUT2D eigenvalue weighted by molar-refractivity contribution is 0.956. The Bertz CT molecular complexity index is 242. The summed E-state index contributed by atoms with van der Waals surface area (Å²) in [6, 6.07) is 9.28. The summed E-state index contributed by atoms with van der Waals surface area (Å²) in [6.45, 7) is 1.16. The van der Waals surface area contributed by atoms with E-state index in [0.717, 1.165) is 6.54 Å². The van der Waals surface area contributed by atoms with Gasteiger partial charge in [-0.05, 0) is 24.1 Å². The highest BCUT2D eigenvalue weighted by Gasteiger charge is 2.13. The molecule has 1 heteroatoms. The summed E-state index contributed by atoms with van der Waals surface area (Å²) in [5.41, 5.74) is 2.81. The van der Waals surface area contributed by atoms with Gasteiger partial charge in [0.25, 0.3) is 0 Å². The monoisotopic (exact) mass is 132 g/mol. The van der Waals surface area contributed by atoms with Gasteiger partial charge < -0.3 is 4.90 Å². The quantitative estimate of drug-likeness (QED) is 0.517. The van der Waals surface area contributed by atoms with E-state index in [1.165, 1.54) is 17.7 Å². The molecule has 1 radical (unpaired) electrons. The summed E-state index contributed by atoms with van der Waals surface area (Å²) >= 11 is 0. The minimum Gasteiger partial charge on any atom is -0.374 e. The van der Waals surface area contributed by atoms with Crippen LogP contribution in [0.3, 0.4) is 0 Å². The number of rotatable bonds is 0. The normalized spacial score (nSPS) is 15.5. The summed E-state index contributed by atoms with van der Waals surface area (Å²) < 4.78 is 0. The van der Waals surface area contributed by atoms with Crippen molar-refractivity contribution in [3.63, 3.8) is 0 Å². The molecule has 2 rings (SSSR count). The highest BCUT2D eigenvalue weighted by atomic mass is 15.1. The van der Waals surface area contributed by atoms with Gasteiger partial charge in [-0.25, -0.2) is 0 Å². The second-order valence-electron chi connectivity index (χ2n) is 2.73. The fourth-order valence-electron chi connectivity index (χ4n) is 1.43. The zero-order valence-corrected chi connectivity index (χ0v) is 6.09. The summed E-state index contributed by atoms with van der Waals surface area (Å²) in [5.74, 6) is 0. The number of hydrogen-bond donors (Lipinski definition) is 0. The minimum absolute atomic E-state index is 1.16. The molecule has 1 nitrogen and oxygen atoms in total. The van der Waals surface area contributed by atoms with Crippen molar-refractivity contribution in [2.45, 2.75) is 6.42 Å². The molecule has 0 saturated heterocycles. The van der Waals surface area contributed by atoms with E-state index in [1.54, 1.807) is 0 Å². The van der Waals surface area contributed by atoms with Crippen molar-refractivity contribution in [1.82, 2.24) is 0 Å². The molecule has 1 aromatic rings. The number of hydrogen-bond acceptors (Lipinski definition) is 1. The molecule has 1 aliphatic rings. The standard InChI is InChI=1S/C9H10N/c1-10-7-6-8-4-2-3-5-9(8)10/h2,4-5H,6-7H2,1H3. The van der Waals surface area contributed by atoms with Gasteiger partial charge >= 0.3 is 0 Å². The molecule has 0 N–H and O–H groups in total. The van der Waals surface area contributed by atoms with Crippen LogP contribution in [0.5, 0.6) is 0 Å². The maximum Gasteiger partial charge on any atom is 0.0403 e. The van der Waals surface area contributed by atoms with Crippen molar-refractivity contribution in [2.24, 2.45) is 0 Å². The van der Waals surface area contributed by atoms with Crippen molar-refractivity contribution in [1.29, 1.82) is 0 Å². The topological polar surface area (TPSA) is 3.24 Å². The van der Waals surface area contributed by atoms with Crippen LogP contribution in [-0.4, -0.2) is 13.6 Å². The number of likely N-dealkylation sites (N-methyl/N-ethyl adjacent to an activating group) is 1. The zero-order chi connectivity index (χ0) is 6.97. The van der Waals surface area contributed by atoms with Gasteiger partial charge in [-0.1, -0.05) is 12.1 Å². The van der Waals surface area contributed by atoms with Crippen molar-refractivity contribution in [3.8, 4) is 0 Å². The Hall–Kier alpha value is -0.980. The van der Waals surface area contributed by atoms with Gasteiger partial charge in [0.05, 0.1) is 0 Å². The van der Waals surface area contributed by atoms with Crippen molar-refractivity contribution < 1.29 is 0 Å². The third kappa shape index (κ3) is 0.703. The molecule has 0 unspecified atom stereocenters. The first-order valence-corrected chi connectivity index (χ1v) is 3.58. The maximum absolute atomic E-state index is 3.08.